The van der Waals surface area contributed by atoms with Crippen LogP contribution in [-0.2, 0) is 4.79 Å². The lowest BCUT2D eigenvalue weighted by molar-refractivity contribution is -0.126. The molecule has 0 bridgehead atoms. The zero-order chi connectivity index (χ0) is 14.4. The predicted octanol–water partition coefficient (Wildman–Crippen LogP) is 3.00. The highest BCUT2D eigenvalue weighted by molar-refractivity contribution is 5.87. The number of aryl methyl sites for hydroxylation is 1. The zero-order valence-electron chi connectivity index (χ0n) is 12.8. The summed E-state index contributed by atoms with van der Waals surface area (Å²) < 4.78 is 0. The fraction of sp³-hybridized carbons (Fsp3) is 0.706. The molecule has 3 fully saturated rings. The fourth-order valence-electron chi connectivity index (χ4n) is 4.01. The molecule has 2 saturated carbocycles. The third kappa shape index (κ3) is 2.34. The number of hydrogen-bond acceptors (Lipinski definition) is 4. The van der Waals surface area contributed by atoms with Gasteiger partial charge in [-0.2, -0.15) is 0 Å². The van der Waals surface area contributed by atoms with Crippen molar-refractivity contribution in [2.75, 3.05) is 18.0 Å². The molecule has 3 aliphatic rings. The summed E-state index contributed by atoms with van der Waals surface area (Å²) in [5.41, 5.74) is 1.23. The van der Waals surface area contributed by atoms with Crippen molar-refractivity contribution in [3.8, 4) is 0 Å². The number of rotatable bonds is 2. The SMILES string of the molecule is Cc1nc(C2CC2)cc(N2CCC3(CCCC3=O)CC2)n1. The molecule has 0 aromatic carbocycles. The van der Waals surface area contributed by atoms with Crippen molar-refractivity contribution in [2.45, 2.75) is 57.8 Å². The maximum absolute atomic E-state index is 12.2. The highest BCUT2D eigenvalue weighted by atomic mass is 16.1. The van der Waals surface area contributed by atoms with E-state index in [9.17, 15) is 4.79 Å². The lowest BCUT2D eigenvalue weighted by Crippen LogP contribution is -2.42. The van der Waals surface area contributed by atoms with Crippen LogP contribution in [0.5, 0.6) is 0 Å². The van der Waals surface area contributed by atoms with Crippen LogP contribution in [0.4, 0.5) is 5.82 Å². The molecule has 0 N–H and O–H groups in total. The Labute approximate surface area is 126 Å². The standard InChI is InChI=1S/C17H23N3O/c1-12-18-14(13-4-5-13)11-16(19-12)20-9-7-17(8-10-20)6-2-3-15(17)21/h11,13H,2-10H2,1H3. The Morgan fingerprint density at radius 1 is 1.19 bits per heavy atom. The van der Waals surface area contributed by atoms with Gasteiger partial charge in [0.2, 0.25) is 0 Å². The molecule has 21 heavy (non-hydrogen) atoms. The van der Waals surface area contributed by atoms with E-state index < -0.39 is 0 Å². The highest BCUT2D eigenvalue weighted by Crippen LogP contribution is 2.44. The first-order valence-corrected chi connectivity index (χ1v) is 8.30. The number of carbonyl (C=O) groups is 1. The van der Waals surface area contributed by atoms with Crippen molar-refractivity contribution in [3.05, 3.63) is 17.6 Å². The van der Waals surface area contributed by atoms with Crippen LogP contribution in [0.3, 0.4) is 0 Å². The summed E-state index contributed by atoms with van der Waals surface area (Å²) in [5.74, 6) is 3.13. The van der Waals surface area contributed by atoms with E-state index in [0.717, 1.165) is 56.8 Å². The fourth-order valence-corrected chi connectivity index (χ4v) is 4.01. The maximum atomic E-state index is 12.2. The molecule has 0 unspecified atom stereocenters. The summed E-state index contributed by atoms with van der Waals surface area (Å²) in [6, 6.07) is 2.18. The van der Waals surface area contributed by atoms with Crippen LogP contribution < -0.4 is 4.90 Å². The van der Waals surface area contributed by atoms with Gasteiger partial charge in [0.1, 0.15) is 17.4 Å². The molecule has 0 amide bonds. The third-order valence-electron chi connectivity index (χ3n) is 5.54. The van der Waals surface area contributed by atoms with Crippen molar-refractivity contribution in [1.82, 2.24) is 9.97 Å². The largest absolute Gasteiger partial charge is 0.356 e. The average molecular weight is 285 g/mol. The first kappa shape index (κ1) is 13.2. The summed E-state index contributed by atoms with van der Waals surface area (Å²) >= 11 is 0. The predicted molar refractivity (Wildman–Crippen MR) is 81.5 cm³/mol. The van der Waals surface area contributed by atoms with Gasteiger partial charge in [0.15, 0.2) is 0 Å². The van der Waals surface area contributed by atoms with Gasteiger partial charge < -0.3 is 4.90 Å². The number of Topliss-reactive ketones (excluding diaryl/α,β-unsaturated/α-hetero) is 1. The molecule has 0 radical (unpaired) electrons. The molecule has 4 heteroatoms. The van der Waals surface area contributed by atoms with E-state index in [2.05, 4.69) is 20.9 Å². The van der Waals surface area contributed by atoms with Crippen molar-refractivity contribution >= 4 is 11.6 Å². The summed E-state index contributed by atoms with van der Waals surface area (Å²) in [6.07, 6.45) is 7.56. The van der Waals surface area contributed by atoms with Crippen LogP contribution in [0.15, 0.2) is 6.07 Å². The van der Waals surface area contributed by atoms with E-state index in [1.165, 1.54) is 18.5 Å². The quantitative estimate of drug-likeness (QED) is 0.838. The summed E-state index contributed by atoms with van der Waals surface area (Å²) in [4.78, 5) is 23.7. The Morgan fingerprint density at radius 3 is 2.57 bits per heavy atom. The molecule has 1 aliphatic heterocycles. The lowest BCUT2D eigenvalue weighted by atomic mass is 9.76. The molecule has 1 spiro atoms. The van der Waals surface area contributed by atoms with Crippen molar-refractivity contribution < 1.29 is 4.79 Å². The van der Waals surface area contributed by atoms with Crippen LogP contribution in [0.2, 0.25) is 0 Å². The van der Waals surface area contributed by atoms with E-state index >= 15 is 0 Å². The Kier molecular flexibility index (Phi) is 3.02. The van der Waals surface area contributed by atoms with Crippen molar-refractivity contribution in [1.29, 1.82) is 0 Å². The van der Waals surface area contributed by atoms with E-state index in [0.29, 0.717) is 11.7 Å². The van der Waals surface area contributed by atoms with Gasteiger partial charge in [-0.15, -0.1) is 0 Å². The average Bonchev–Trinajstić information content (AvgIpc) is 3.27. The third-order valence-corrected chi connectivity index (χ3v) is 5.54. The number of hydrogen-bond donors (Lipinski definition) is 0. The van der Waals surface area contributed by atoms with Gasteiger partial charge in [-0.05, 0) is 45.4 Å². The van der Waals surface area contributed by atoms with Gasteiger partial charge in [0, 0.05) is 42.6 Å². The molecule has 1 saturated heterocycles. The second-order valence-electron chi connectivity index (χ2n) is 7.02. The summed E-state index contributed by atoms with van der Waals surface area (Å²) in [6.45, 7) is 3.92. The molecule has 1 aromatic rings. The molecule has 4 rings (SSSR count). The maximum Gasteiger partial charge on any atom is 0.139 e. The molecule has 4 nitrogen and oxygen atoms in total. The molecule has 112 valence electrons. The van der Waals surface area contributed by atoms with Gasteiger partial charge in [-0.25, -0.2) is 9.97 Å². The van der Waals surface area contributed by atoms with Crippen molar-refractivity contribution in [2.24, 2.45) is 5.41 Å². The summed E-state index contributed by atoms with van der Waals surface area (Å²) in [5, 5.41) is 0. The molecular weight excluding hydrogens is 262 g/mol. The molecular formula is C17H23N3O. The monoisotopic (exact) mass is 285 g/mol. The van der Waals surface area contributed by atoms with Gasteiger partial charge in [-0.3, -0.25) is 4.79 Å². The number of ketones is 1. The van der Waals surface area contributed by atoms with E-state index in [1.54, 1.807) is 0 Å². The molecule has 0 atom stereocenters. The minimum absolute atomic E-state index is 0.0118. The minimum atomic E-state index is 0.0118. The zero-order valence-corrected chi connectivity index (χ0v) is 12.8. The Morgan fingerprint density at radius 2 is 1.95 bits per heavy atom. The normalized spacial score (nSPS) is 24.8. The molecule has 2 heterocycles. The Balaban J connectivity index is 1.52. The van der Waals surface area contributed by atoms with Crippen LogP contribution in [0, 0.1) is 12.3 Å². The molecule has 1 aromatic heterocycles. The Hall–Kier alpha value is -1.45. The first-order chi connectivity index (χ1) is 10.2. The van der Waals surface area contributed by atoms with Gasteiger partial charge in [0.25, 0.3) is 0 Å². The van der Waals surface area contributed by atoms with Crippen LogP contribution in [0.1, 0.15) is 62.4 Å². The molecule has 2 aliphatic carbocycles. The first-order valence-electron chi connectivity index (χ1n) is 8.30. The second-order valence-corrected chi connectivity index (χ2v) is 7.02. The van der Waals surface area contributed by atoms with Crippen LogP contribution in [-0.4, -0.2) is 28.8 Å². The van der Waals surface area contributed by atoms with Crippen molar-refractivity contribution in [3.63, 3.8) is 0 Å². The van der Waals surface area contributed by atoms with E-state index in [4.69, 9.17) is 0 Å². The van der Waals surface area contributed by atoms with Crippen LogP contribution in [0.25, 0.3) is 0 Å². The topological polar surface area (TPSA) is 46.1 Å². The number of carbonyl (C=O) groups excluding carboxylic acids is 1. The van der Waals surface area contributed by atoms with E-state index in [-0.39, 0.29) is 5.41 Å². The van der Waals surface area contributed by atoms with Crippen LogP contribution >= 0.6 is 0 Å². The number of nitrogens with zero attached hydrogens (tertiary/aromatic N) is 3. The second kappa shape index (κ2) is 4.79. The Bertz CT molecular complexity index is 571. The number of anilines is 1. The van der Waals surface area contributed by atoms with Gasteiger partial charge >= 0.3 is 0 Å². The van der Waals surface area contributed by atoms with Gasteiger partial charge in [-0.1, -0.05) is 0 Å². The number of aromatic nitrogens is 2. The highest BCUT2D eigenvalue weighted by Gasteiger charge is 2.44. The smallest absolute Gasteiger partial charge is 0.139 e. The van der Waals surface area contributed by atoms with E-state index in [1.807, 2.05) is 6.92 Å². The lowest BCUT2D eigenvalue weighted by Gasteiger charge is -2.38. The van der Waals surface area contributed by atoms with Gasteiger partial charge in [0.05, 0.1) is 0 Å². The minimum Gasteiger partial charge on any atom is -0.356 e. The number of piperidine rings is 1. The summed E-state index contributed by atoms with van der Waals surface area (Å²) in [7, 11) is 0.